The van der Waals surface area contributed by atoms with Gasteiger partial charge in [0.05, 0.1) is 5.60 Å². The van der Waals surface area contributed by atoms with Crippen molar-refractivity contribution < 1.29 is 17.9 Å². The molecule has 1 saturated heterocycles. The molecule has 0 spiro atoms. The second-order valence-electron chi connectivity index (χ2n) is 5.59. The van der Waals surface area contributed by atoms with Crippen molar-refractivity contribution in [1.82, 2.24) is 4.31 Å². The number of aryl methyl sites for hydroxylation is 1. The maximum atomic E-state index is 14.1. The van der Waals surface area contributed by atoms with Gasteiger partial charge in [-0.05, 0) is 44.4 Å². The third kappa shape index (κ3) is 2.79. The molecular formula is C13H19FN2O3S. The van der Waals surface area contributed by atoms with Gasteiger partial charge in [-0.2, -0.15) is 4.31 Å². The third-order valence-corrected chi connectivity index (χ3v) is 5.35. The molecule has 1 aromatic rings. The third-order valence-electron chi connectivity index (χ3n) is 3.50. The summed E-state index contributed by atoms with van der Waals surface area (Å²) >= 11 is 0. The summed E-state index contributed by atoms with van der Waals surface area (Å²) in [6, 6.07) is 2.52. The zero-order valence-corrected chi connectivity index (χ0v) is 12.4. The largest absolute Gasteiger partial charge is 0.399 e. The quantitative estimate of drug-likeness (QED) is 0.805. The standard InChI is InChI=1S/C13H19FN2O3S/c1-9-6-10(15)7-11(12(9)14)20(18,19)16-5-3-4-13(2,17)8-16/h6-7,17H,3-5,8,15H2,1-2H3. The Morgan fingerprint density at radius 1 is 1.45 bits per heavy atom. The summed E-state index contributed by atoms with van der Waals surface area (Å²) < 4.78 is 40.3. The molecule has 0 aromatic heterocycles. The van der Waals surface area contributed by atoms with E-state index in [1.807, 2.05) is 0 Å². The van der Waals surface area contributed by atoms with E-state index in [9.17, 15) is 17.9 Å². The first-order valence-corrected chi connectivity index (χ1v) is 7.86. The van der Waals surface area contributed by atoms with Crippen LogP contribution in [0.15, 0.2) is 17.0 Å². The molecule has 0 bridgehead atoms. The molecule has 0 radical (unpaired) electrons. The van der Waals surface area contributed by atoms with E-state index < -0.39 is 26.3 Å². The van der Waals surface area contributed by atoms with Gasteiger partial charge in [-0.15, -0.1) is 0 Å². The van der Waals surface area contributed by atoms with Crippen molar-refractivity contribution in [3.05, 3.63) is 23.5 Å². The van der Waals surface area contributed by atoms with Gasteiger partial charge < -0.3 is 10.8 Å². The lowest BCUT2D eigenvalue weighted by Crippen LogP contribution is -2.48. The van der Waals surface area contributed by atoms with Gasteiger partial charge in [0, 0.05) is 18.8 Å². The van der Waals surface area contributed by atoms with Crippen LogP contribution in [-0.4, -0.2) is 36.5 Å². The van der Waals surface area contributed by atoms with Crippen LogP contribution in [0.1, 0.15) is 25.3 Å². The summed E-state index contributed by atoms with van der Waals surface area (Å²) in [5.41, 5.74) is 4.91. The van der Waals surface area contributed by atoms with Gasteiger partial charge in [-0.25, -0.2) is 12.8 Å². The lowest BCUT2D eigenvalue weighted by Gasteiger charge is -2.36. The lowest BCUT2D eigenvalue weighted by molar-refractivity contribution is 0.00934. The molecule has 0 aliphatic carbocycles. The summed E-state index contributed by atoms with van der Waals surface area (Å²) in [5.74, 6) is -0.788. The van der Waals surface area contributed by atoms with Crippen LogP contribution in [0.25, 0.3) is 0 Å². The number of halogens is 1. The zero-order valence-electron chi connectivity index (χ0n) is 11.6. The first-order valence-electron chi connectivity index (χ1n) is 6.42. The van der Waals surface area contributed by atoms with E-state index in [2.05, 4.69) is 0 Å². The number of rotatable bonds is 2. The van der Waals surface area contributed by atoms with Crippen molar-refractivity contribution in [3.8, 4) is 0 Å². The van der Waals surface area contributed by atoms with Crippen LogP contribution in [0.3, 0.4) is 0 Å². The van der Waals surface area contributed by atoms with Crippen molar-refractivity contribution >= 4 is 15.7 Å². The summed E-state index contributed by atoms with van der Waals surface area (Å²) in [4.78, 5) is -0.423. The second kappa shape index (κ2) is 4.98. The van der Waals surface area contributed by atoms with E-state index in [1.165, 1.54) is 13.0 Å². The van der Waals surface area contributed by atoms with Crippen LogP contribution in [0.2, 0.25) is 0 Å². The highest BCUT2D eigenvalue weighted by Gasteiger charge is 2.37. The van der Waals surface area contributed by atoms with Crippen molar-refractivity contribution in [2.45, 2.75) is 37.2 Å². The van der Waals surface area contributed by atoms with E-state index in [0.717, 1.165) is 10.4 Å². The SMILES string of the molecule is Cc1cc(N)cc(S(=O)(=O)N2CCCC(C)(O)C2)c1F. The van der Waals surface area contributed by atoms with E-state index in [4.69, 9.17) is 5.73 Å². The normalized spacial score (nSPS) is 24.8. The molecular weight excluding hydrogens is 283 g/mol. The minimum atomic E-state index is -3.99. The highest BCUT2D eigenvalue weighted by atomic mass is 32.2. The van der Waals surface area contributed by atoms with Crippen LogP contribution in [-0.2, 0) is 10.0 Å². The van der Waals surface area contributed by atoms with Crippen LogP contribution < -0.4 is 5.73 Å². The van der Waals surface area contributed by atoms with Gasteiger partial charge in [0.25, 0.3) is 0 Å². The number of nitrogens with two attached hydrogens (primary N) is 1. The summed E-state index contributed by atoms with van der Waals surface area (Å²) in [6.45, 7) is 3.28. The number of piperidine rings is 1. The number of benzene rings is 1. The second-order valence-corrected chi connectivity index (χ2v) is 7.50. The molecule has 1 aromatic carbocycles. The molecule has 1 fully saturated rings. The number of anilines is 1. The minimum Gasteiger partial charge on any atom is -0.399 e. The van der Waals surface area contributed by atoms with Gasteiger partial charge >= 0.3 is 0 Å². The minimum absolute atomic E-state index is 0.0391. The Bertz CT molecular complexity index is 629. The number of nitrogen functional groups attached to an aromatic ring is 1. The fourth-order valence-electron chi connectivity index (χ4n) is 2.47. The van der Waals surface area contributed by atoms with Crippen LogP contribution in [0, 0.1) is 12.7 Å². The molecule has 1 heterocycles. The van der Waals surface area contributed by atoms with Crippen molar-refractivity contribution in [2.75, 3.05) is 18.8 Å². The van der Waals surface area contributed by atoms with Crippen molar-refractivity contribution in [1.29, 1.82) is 0 Å². The van der Waals surface area contributed by atoms with Crippen LogP contribution in [0.4, 0.5) is 10.1 Å². The van der Waals surface area contributed by atoms with Gasteiger partial charge in [-0.1, -0.05) is 0 Å². The first-order chi connectivity index (χ1) is 9.13. The summed E-state index contributed by atoms with van der Waals surface area (Å²) in [5, 5.41) is 10.0. The average Bonchev–Trinajstić information content (AvgIpc) is 2.32. The van der Waals surface area contributed by atoms with E-state index in [-0.39, 0.29) is 24.3 Å². The Morgan fingerprint density at radius 2 is 2.10 bits per heavy atom. The van der Waals surface area contributed by atoms with E-state index >= 15 is 0 Å². The average molecular weight is 302 g/mol. The van der Waals surface area contributed by atoms with Crippen LogP contribution in [0.5, 0.6) is 0 Å². The molecule has 1 unspecified atom stereocenters. The number of β-amino-alcohol motifs (C(OH)–C–C–N with tert-alkyl or cyclic N) is 1. The van der Waals surface area contributed by atoms with Crippen LogP contribution >= 0.6 is 0 Å². The zero-order chi connectivity index (χ0) is 15.1. The predicted molar refractivity (Wildman–Crippen MR) is 74.2 cm³/mol. The highest BCUT2D eigenvalue weighted by Crippen LogP contribution is 2.29. The molecule has 3 N–H and O–H groups in total. The lowest BCUT2D eigenvalue weighted by atomic mass is 9.97. The molecule has 1 aliphatic rings. The molecule has 20 heavy (non-hydrogen) atoms. The molecule has 1 atom stereocenters. The molecule has 1 aliphatic heterocycles. The first kappa shape index (κ1) is 15.2. The number of aliphatic hydroxyl groups is 1. The number of hydrogen-bond acceptors (Lipinski definition) is 4. The molecule has 2 rings (SSSR count). The molecule has 5 nitrogen and oxygen atoms in total. The smallest absolute Gasteiger partial charge is 0.246 e. The van der Waals surface area contributed by atoms with Gasteiger partial charge in [0.2, 0.25) is 10.0 Å². The fraction of sp³-hybridized carbons (Fsp3) is 0.538. The van der Waals surface area contributed by atoms with E-state index in [0.29, 0.717) is 12.8 Å². The van der Waals surface area contributed by atoms with Crippen molar-refractivity contribution in [3.63, 3.8) is 0 Å². The number of hydrogen-bond donors (Lipinski definition) is 2. The summed E-state index contributed by atoms with van der Waals surface area (Å²) in [7, 11) is -3.99. The monoisotopic (exact) mass is 302 g/mol. The summed E-state index contributed by atoms with van der Waals surface area (Å²) in [6.07, 6.45) is 1.06. The topological polar surface area (TPSA) is 83.6 Å². The Kier molecular flexibility index (Phi) is 3.79. The van der Waals surface area contributed by atoms with Gasteiger partial charge in [0.1, 0.15) is 10.7 Å². The molecule has 112 valence electrons. The molecule has 0 saturated carbocycles. The Balaban J connectivity index is 2.46. The van der Waals surface area contributed by atoms with Gasteiger partial charge in [-0.3, -0.25) is 0 Å². The maximum Gasteiger partial charge on any atom is 0.246 e. The highest BCUT2D eigenvalue weighted by molar-refractivity contribution is 7.89. The number of nitrogens with zero attached hydrogens (tertiary/aromatic N) is 1. The molecule has 7 heteroatoms. The fourth-order valence-corrected chi connectivity index (χ4v) is 4.24. The van der Waals surface area contributed by atoms with E-state index in [1.54, 1.807) is 6.92 Å². The number of sulfonamides is 1. The predicted octanol–water partition coefficient (Wildman–Crippen LogP) is 1.25. The molecule has 0 amide bonds. The Labute approximate surface area is 118 Å². The Hall–Kier alpha value is -1.18. The van der Waals surface area contributed by atoms with Crippen molar-refractivity contribution in [2.24, 2.45) is 0 Å². The van der Waals surface area contributed by atoms with Gasteiger partial charge in [0.15, 0.2) is 0 Å². The Morgan fingerprint density at radius 3 is 2.70 bits per heavy atom. The maximum absolute atomic E-state index is 14.1.